The van der Waals surface area contributed by atoms with E-state index in [0.717, 1.165) is 31.3 Å². The number of Topliss-reactive ketones (excluding diaryl/α,β-unsaturated/α-hetero) is 1. The van der Waals surface area contributed by atoms with Gasteiger partial charge in [0.15, 0.2) is 5.78 Å². The zero-order valence-electron chi connectivity index (χ0n) is 7.94. The molecule has 0 unspecified atom stereocenters. The Balaban J connectivity index is 2.36. The second-order valence-corrected chi connectivity index (χ2v) is 3.50. The third-order valence-electron chi connectivity index (χ3n) is 2.41. The first-order valence-electron chi connectivity index (χ1n) is 5.07. The maximum Gasteiger partial charge on any atom is 0.158 e. The van der Waals surface area contributed by atoms with E-state index in [0.29, 0.717) is 5.78 Å². The van der Waals surface area contributed by atoms with Crippen molar-refractivity contribution in [2.45, 2.75) is 51.9 Å². The first kappa shape index (κ1) is 9.50. The van der Waals surface area contributed by atoms with Crippen LogP contribution in [0, 0.1) is 0 Å². The summed E-state index contributed by atoms with van der Waals surface area (Å²) in [7, 11) is 0. The summed E-state index contributed by atoms with van der Waals surface area (Å²) in [6, 6.07) is 0. The van der Waals surface area contributed by atoms with Crippen LogP contribution in [0.5, 0.6) is 0 Å². The van der Waals surface area contributed by atoms with Gasteiger partial charge in [-0.1, -0.05) is 25.8 Å². The highest BCUT2D eigenvalue weighted by Crippen LogP contribution is 2.20. The van der Waals surface area contributed by atoms with E-state index in [1.54, 1.807) is 0 Å². The van der Waals surface area contributed by atoms with Gasteiger partial charge < -0.3 is 0 Å². The fraction of sp³-hybridized carbons (Fsp3) is 0.727. The molecule has 0 atom stereocenters. The molecule has 1 aliphatic rings. The van der Waals surface area contributed by atoms with E-state index in [-0.39, 0.29) is 0 Å². The molecule has 0 aliphatic heterocycles. The van der Waals surface area contributed by atoms with Gasteiger partial charge in [-0.2, -0.15) is 0 Å². The Kier molecular flexibility index (Phi) is 4.06. The van der Waals surface area contributed by atoms with Crippen LogP contribution in [0.2, 0.25) is 0 Å². The molecule has 1 nitrogen and oxygen atoms in total. The molecule has 0 aromatic rings. The molecule has 0 radical (unpaired) electrons. The normalized spacial score (nSPS) is 21.8. The molecule has 1 heteroatoms. The van der Waals surface area contributed by atoms with Crippen molar-refractivity contribution in [2.75, 3.05) is 0 Å². The van der Waals surface area contributed by atoms with Gasteiger partial charge in [-0.25, -0.2) is 0 Å². The molecule has 0 aromatic heterocycles. The van der Waals surface area contributed by atoms with Crippen molar-refractivity contribution < 1.29 is 4.79 Å². The zero-order valence-corrected chi connectivity index (χ0v) is 7.94. The maximum absolute atomic E-state index is 11.3. The van der Waals surface area contributed by atoms with Gasteiger partial charge in [-0.05, 0) is 31.3 Å². The van der Waals surface area contributed by atoms with Crippen molar-refractivity contribution in [3.8, 4) is 0 Å². The van der Waals surface area contributed by atoms with Crippen LogP contribution in [0.15, 0.2) is 11.6 Å². The van der Waals surface area contributed by atoms with E-state index < -0.39 is 0 Å². The van der Waals surface area contributed by atoms with Gasteiger partial charge in [-0.3, -0.25) is 4.79 Å². The molecule has 1 rings (SSSR count). The number of unbranched alkanes of at least 4 members (excludes halogenated alkanes) is 2. The van der Waals surface area contributed by atoms with Crippen LogP contribution in [-0.2, 0) is 4.79 Å². The van der Waals surface area contributed by atoms with E-state index in [1.807, 2.05) is 0 Å². The summed E-state index contributed by atoms with van der Waals surface area (Å²) in [5, 5.41) is 0. The summed E-state index contributed by atoms with van der Waals surface area (Å²) >= 11 is 0. The summed E-state index contributed by atoms with van der Waals surface area (Å²) in [5.74, 6) is 0.400. The monoisotopic (exact) mass is 166 g/mol. The van der Waals surface area contributed by atoms with Gasteiger partial charge in [0.05, 0.1) is 0 Å². The quantitative estimate of drug-likeness (QED) is 0.464. The molecule has 68 valence electrons. The minimum atomic E-state index is 0.400. The van der Waals surface area contributed by atoms with Crippen LogP contribution in [-0.4, -0.2) is 5.78 Å². The zero-order chi connectivity index (χ0) is 8.81. The molecule has 1 fully saturated rings. The van der Waals surface area contributed by atoms with E-state index in [9.17, 15) is 4.79 Å². The number of carbonyl (C=O) groups is 1. The van der Waals surface area contributed by atoms with Crippen molar-refractivity contribution in [3.63, 3.8) is 0 Å². The molecule has 0 aromatic carbocycles. The fourth-order valence-electron chi connectivity index (χ4n) is 1.60. The predicted molar refractivity (Wildman–Crippen MR) is 51.1 cm³/mol. The van der Waals surface area contributed by atoms with Gasteiger partial charge in [0, 0.05) is 6.42 Å². The highest BCUT2D eigenvalue weighted by atomic mass is 16.1. The largest absolute Gasteiger partial charge is 0.295 e. The Hall–Kier alpha value is -0.590. The molecule has 0 amide bonds. The molecule has 0 heterocycles. The van der Waals surface area contributed by atoms with Gasteiger partial charge >= 0.3 is 0 Å². The number of allylic oxidation sites excluding steroid dienone is 2. The standard InChI is InChI=1S/C11H18O/c1-2-3-4-7-10-8-5-6-9-11(10)12/h7H,2-6,8-9H2,1H3/b10-7+. The van der Waals surface area contributed by atoms with Crippen LogP contribution in [0.1, 0.15) is 51.9 Å². The SMILES string of the molecule is CCCC/C=C1\CCCCC1=O. The Labute approximate surface area is 74.9 Å². The van der Waals surface area contributed by atoms with Crippen molar-refractivity contribution in [1.82, 2.24) is 0 Å². The average Bonchev–Trinajstić information content (AvgIpc) is 2.09. The fourth-order valence-corrected chi connectivity index (χ4v) is 1.60. The third kappa shape index (κ3) is 2.80. The lowest BCUT2D eigenvalue weighted by molar-refractivity contribution is -0.116. The highest BCUT2D eigenvalue weighted by molar-refractivity contribution is 5.95. The summed E-state index contributed by atoms with van der Waals surface area (Å²) < 4.78 is 0. The number of rotatable bonds is 3. The lowest BCUT2D eigenvalue weighted by Crippen LogP contribution is -2.08. The third-order valence-corrected chi connectivity index (χ3v) is 2.41. The van der Waals surface area contributed by atoms with E-state index in [4.69, 9.17) is 0 Å². The number of ketones is 1. The van der Waals surface area contributed by atoms with Gasteiger partial charge in [0.25, 0.3) is 0 Å². The summed E-state index contributed by atoms with van der Waals surface area (Å²) in [6.07, 6.45) is 9.82. The number of carbonyl (C=O) groups excluding carboxylic acids is 1. The van der Waals surface area contributed by atoms with Crippen LogP contribution in [0.4, 0.5) is 0 Å². The Bertz CT molecular complexity index is 179. The first-order chi connectivity index (χ1) is 5.84. The molecule has 0 spiro atoms. The molecular weight excluding hydrogens is 148 g/mol. The molecule has 0 bridgehead atoms. The Morgan fingerprint density at radius 1 is 1.33 bits per heavy atom. The Morgan fingerprint density at radius 3 is 2.75 bits per heavy atom. The lowest BCUT2D eigenvalue weighted by atomic mass is 9.92. The van der Waals surface area contributed by atoms with Crippen molar-refractivity contribution in [3.05, 3.63) is 11.6 Å². The van der Waals surface area contributed by atoms with Crippen LogP contribution >= 0.6 is 0 Å². The second-order valence-electron chi connectivity index (χ2n) is 3.50. The topological polar surface area (TPSA) is 17.1 Å². The van der Waals surface area contributed by atoms with E-state index in [1.165, 1.54) is 19.3 Å². The maximum atomic E-state index is 11.3. The van der Waals surface area contributed by atoms with Crippen molar-refractivity contribution in [1.29, 1.82) is 0 Å². The number of hydrogen-bond donors (Lipinski definition) is 0. The summed E-state index contributed by atoms with van der Waals surface area (Å²) in [6.45, 7) is 2.18. The highest BCUT2D eigenvalue weighted by Gasteiger charge is 2.13. The van der Waals surface area contributed by atoms with Gasteiger partial charge in [0.1, 0.15) is 0 Å². The van der Waals surface area contributed by atoms with Crippen LogP contribution < -0.4 is 0 Å². The van der Waals surface area contributed by atoms with Crippen LogP contribution in [0.3, 0.4) is 0 Å². The van der Waals surface area contributed by atoms with Crippen molar-refractivity contribution >= 4 is 5.78 Å². The van der Waals surface area contributed by atoms with Gasteiger partial charge in [0.2, 0.25) is 0 Å². The Morgan fingerprint density at radius 2 is 2.08 bits per heavy atom. The predicted octanol–water partition coefficient (Wildman–Crippen LogP) is 3.25. The smallest absolute Gasteiger partial charge is 0.158 e. The van der Waals surface area contributed by atoms with Crippen molar-refractivity contribution in [2.24, 2.45) is 0 Å². The van der Waals surface area contributed by atoms with Crippen LogP contribution in [0.25, 0.3) is 0 Å². The van der Waals surface area contributed by atoms with E-state index >= 15 is 0 Å². The molecule has 12 heavy (non-hydrogen) atoms. The first-order valence-corrected chi connectivity index (χ1v) is 5.07. The molecule has 1 aliphatic carbocycles. The summed E-state index contributed by atoms with van der Waals surface area (Å²) in [5.41, 5.74) is 1.11. The molecule has 1 saturated carbocycles. The molecule has 0 saturated heterocycles. The summed E-state index contributed by atoms with van der Waals surface area (Å²) in [4.78, 5) is 11.3. The lowest BCUT2D eigenvalue weighted by Gasteiger charge is -2.11. The number of hydrogen-bond acceptors (Lipinski definition) is 1. The van der Waals surface area contributed by atoms with Gasteiger partial charge in [-0.15, -0.1) is 0 Å². The average molecular weight is 166 g/mol. The second kappa shape index (κ2) is 5.13. The minimum Gasteiger partial charge on any atom is -0.295 e. The minimum absolute atomic E-state index is 0.400. The van der Waals surface area contributed by atoms with E-state index in [2.05, 4.69) is 13.0 Å². The molecule has 0 N–H and O–H groups in total. The molecular formula is C11H18O.